The minimum atomic E-state index is -5.08. The standard InChI is InChI=1S/C19H19N3O2.C2HF3O2/c23-18-6-9-22(17(18)10-13-2-1-7-20-12-13)19(24)15-3-4-16-14(11-15)5-8-21-16;3-2(4,5)1(6)7/h1-5,7-8,11-12,17-18,21,23H,6,9-10H2;(H,6,7)/t17-,18+;/m0./s1. The third-order valence-corrected chi connectivity index (χ3v) is 4.98. The zero-order valence-electron chi connectivity index (χ0n) is 16.2. The van der Waals surface area contributed by atoms with Crippen LogP contribution in [0.1, 0.15) is 22.3 Å². The fourth-order valence-corrected chi connectivity index (χ4v) is 3.45. The lowest BCUT2D eigenvalue weighted by Crippen LogP contribution is -2.41. The van der Waals surface area contributed by atoms with Gasteiger partial charge in [-0.05, 0) is 48.7 Å². The number of alkyl halides is 3. The smallest absolute Gasteiger partial charge is 0.475 e. The van der Waals surface area contributed by atoms with Gasteiger partial charge in [0.2, 0.25) is 0 Å². The molecule has 1 aliphatic heterocycles. The van der Waals surface area contributed by atoms with Gasteiger partial charge in [0.25, 0.3) is 5.91 Å². The molecule has 0 saturated carbocycles. The number of pyridine rings is 1. The van der Waals surface area contributed by atoms with E-state index in [0.717, 1.165) is 16.5 Å². The number of rotatable bonds is 3. The van der Waals surface area contributed by atoms with Crippen LogP contribution in [0.25, 0.3) is 10.9 Å². The first-order valence-corrected chi connectivity index (χ1v) is 9.42. The number of benzene rings is 1. The van der Waals surface area contributed by atoms with Crippen molar-refractivity contribution in [3.8, 4) is 0 Å². The highest BCUT2D eigenvalue weighted by Crippen LogP contribution is 2.25. The van der Waals surface area contributed by atoms with Crippen LogP contribution in [0.5, 0.6) is 0 Å². The number of H-pyrrole nitrogens is 1. The van der Waals surface area contributed by atoms with E-state index in [4.69, 9.17) is 9.90 Å². The number of fused-ring (bicyclic) bond motifs is 1. The summed E-state index contributed by atoms with van der Waals surface area (Å²) < 4.78 is 31.7. The molecule has 4 rings (SSSR count). The van der Waals surface area contributed by atoms with Gasteiger partial charge in [0.1, 0.15) is 0 Å². The van der Waals surface area contributed by atoms with Crippen molar-refractivity contribution < 1.29 is 33.0 Å². The number of halogens is 3. The number of carbonyl (C=O) groups is 2. The predicted molar refractivity (Wildman–Crippen MR) is 105 cm³/mol. The Kier molecular flexibility index (Phi) is 6.59. The Labute approximate surface area is 175 Å². The zero-order valence-corrected chi connectivity index (χ0v) is 16.2. The van der Waals surface area contributed by atoms with Gasteiger partial charge in [-0.2, -0.15) is 13.2 Å². The summed E-state index contributed by atoms with van der Waals surface area (Å²) in [6.45, 7) is 0.579. The lowest BCUT2D eigenvalue weighted by Gasteiger charge is -2.26. The fraction of sp³-hybridized carbons (Fsp3) is 0.286. The van der Waals surface area contributed by atoms with Crippen molar-refractivity contribution in [3.63, 3.8) is 0 Å². The number of aliphatic carboxylic acids is 1. The van der Waals surface area contributed by atoms with Gasteiger partial charge in [0.05, 0.1) is 12.1 Å². The molecule has 0 aliphatic carbocycles. The van der Waals surface area contributed by atoms with Crippen molar-refractivity contribution in [1.82, 2.24) is 14.9 Å². The highest BCUT2D eigenvalue weighted by Gasteiger charge is 2.38. The number of aliphatic hydroxyl groups is 1. The topological polar surface area (TPSA) is 107 Å². The molecule has 1 aliphatic rings. The summed E-state index contributed by atoms with van der Waals surface area (Å²) in [7, 11) is 0. The summed E-state index contributed by atoms with van der Waals surface area (Å²) in [4.78, 5) is 30.9. The Balaban J connectivity index is 0.000000339. The van der Waals surface area contributed by atoms with Crippen LogP contribution in [0.15, 0.2) is 55.0 Å². The monoisotopic (exact) mass is 435 g/mol. The SMILES string of the molecule is O=C(O)C(F)(F)F.O=C(c1ccc2[nH]ccc2c1)N1CC[C@@H](O)[C@@H]1Cc1cccnc1. The van der Waals surface area contributed by atoms with E-state index in [1.165, 1.54) is 0 Å². The van der Waals surface area contributed by atoms with Crippen molar-refractivity contribution in [3.05, 3.63) is 66.1 Å². The first-order chi connectivity index (χ1) is 14.7. The molecule has 1 saturated heterocycles. The number of hydrogen-bond acceptors (Lipinski definition) is 4. The molecule has 164 valence electrons. The molecule has 0 bridgehead atoms. The second-order valence-corrected chi connectivity index (χ2v) is 7.07. The molecular formula is C21H20F3N3O4. The highest BCUT2D eigenvalue weighted by atomic mass is 19.4. The Morgan fingerprint density at radius 3 is 2.61 bits per heavy atom. The number of aromatic nitrogens is 2. The van der Waals surface area contributed by atoms with Crippen molar-refractivity contribution >= 4 is 22.8 Å². The van der Waals surface area contributed by atoms with E-state index in [1.54, 1.807) is 17.3 Å². The van der Waals surface area contributed by atoms with Crippen LogP contribution in [-0.4, -0.2) is 61.8 Å². The molecule has 7 nitrogen and oxygen atoms in total. The van der Waals surface area contributed by atoms with Gasteiger partial charge in [-0.15, -0.1) is 0 Å². The van der Waals surface area contributed by atoms with E-state index in [1.807, 2.05) is 42.6 Å². The molecule has 10 heteroatoms. The summed E-state index contributed by atoms with van der Waals surface area (Å²) >= 11 is 0. The maximum Gasteiger partial charge on any atom is 0.490 e. The van der Waals surface area contributed by atoms with Crippen LogP contribution in [0, 0.1) is 0 Å². The minimum Gasteiger partial charge on any atom is -0.475 e. The Morgan fingerprint density at radius 2 is 1.97 bits per heavy atom. The van der Waals surface area contributed by atoms with Crippen molar-refractivity contribution in [2.24, 2.45) is 0 Å². The Bertz CT molecular complexity index is 1050. The highest BCUT2D eigenvalue weighted by molar-refractivity contribution is 5.98. The van der Waals surface area contributed by atoms with Crippen LogP contribution in [0.2, 0.25) is 0 Å². The first kappa shape index (κ1) is 22.3. The Hall–Kier alpha value is -3.40. The summed E-state index contributed by atoms with van der Waals surface area (Å²) in [5, 5.41) is 18.5. The molecule has 2 aromatic heterocycles. The molecule has 0 spiro atoms. The van der Waals surface area contributed by atoms with Crippen LogP contribution in [0.4, 0.5) is 13.2 Å². The van der Waals surface area contributed by atoms with Crippen LogP contribution < -0.4 is 0 Å². The van der Waals surface area contributed by atoms with Gasteiger partial charge in [-0.3, -0.25) is 9.78 Å². The van der Waals surface area contributed by atoms with E-state index in [2.05, 4.69) is 9.97 Å². The molecule has 3 heterocycles. The van der Waals surface area contributed by atoms with Gasteiger partial charge >= 0.3 is 12.1 Å². The summed E-state index contributed by atoms with van der Waals surface area (Å²) in [6, 6.07) is 11.3. The number of likely N-dealkylation sites (tertiary alicyclic amines) is 1. The van der Waals surface area contributed by atoms with E-state index >= 15 is 0 Å². The second-order valence-electron chi connectivity index (χ2n) is 7.07. The van der Waals surface area contributed by atoms with Gasteiger partial charge in [-0.25, -0.2) is 4.79 Å². The van der Waals surface area contributed by atoms with Gasteiger partial charge < -0.3 is 20.1 Å². The molecule has 0 radical (unpaired) electrons. The lowest BCUT2D eigenvalue weighted by molar-refractivity contribution is -0.192. The number of nitrogens with one attached hydrogen (secondary N) is 1. The predicted octanol–water partition coefficient (Wildman–Crippen LogP) is 3.01. The van der Waals surface area contributed by atoms with Gasteiger partial charge in [0, 0.05) is 41.6 Å². The lowest BCUT2D eigenvalue weighted by atomic mass is 10.0. The average Bonchev–Trinajstić information content (AvgIpc) is 3.34. The molecule has 1 amide bonds. The second kappa shape index (κ2) is 9.17. The number of hydrogen-bond donors (Lipinski definition) is 3. The quantitative estimate of drug-likeness (QED) is 0.587. The molecule has 3 aromatic rings. The number of carboxylic acids is 1. The number of amides is 1. The molecule has 0 unspecified atom stereocenters. The van der Waals surface area contributed by atoms with Crippen LogP contribution in [-0.2, 0) is 11.2 Å². The summed E-state index contributed by atoms with van der Waals surface area (Å²) in [5.41, 5.74) is 2.70. The zero-order chi connectivity index (χ0) is 22.6. The van der Waals surface area contributed by atoms with Gasteiger partial charge in [0.15, 0.2) is 0 Å². The molecule has 1 fully saturated rings. The third kappa shape index (κ3) is 5.40. The maximum absolute atomic E-state index is 12.9. The normalized spacial score (nSPS) is 18.5. The Morgan fingerprint density at radius 1 is 1.23 bits per heavy atom. The number of aromatic amines is 1. The molecule has 3 N–H and O–H groups in total. The minimum absolute atomic E-state index is 0.0245. The summed E-state index contributed by atoms with van der Waals surface area (Å²) in [5.74, 6) is -2.78. The van der Waals surface area contributed by atoms with Gasteiger partial charge in [-0.1, -0.05) is 6.07 Å². The van der Waals surface area contributed by atoms with E-state index < -0.39 is 18.2 Å². The largest absolute Gasteiger partial charge is 0.490 e. The van der Waals surface area contributed by atoms with Crippen molar-refractivity contribution in [2.75, 3.05) is 6.54 Å². The number of aliphatic hydroxyl groups excluding tert-OH is 1. The number of carboxylic acid groups (broad SMARTS) is 1. The third-order valence-electron chi connectivity index (χ3n) is 4.98. The summed E-state index contributed by atoms with van der Waals surface area (Å²) in [6.07, 6.45) is 1.04. The molecule has 31 heavy (non-hydrogen) atoms. The van der Waals surface area contributed by atoms with Crippen molar-refractivity contribution in [1.29, 1.82) is 0 Å². The molecular weight excluding hydrogens is 415 g/mol. The van der Waals surface area contributed by atoms with Crippen molar-refractivity contribution in [2.45, 2.75) is 31.2 Å². The number of nitrogens with zero attached hydrogens (tertiary/aromatic N) is 2. The van der Waals surface area contributed by atoms with E-state index in [9.17, 15) is 23.1 Å². The fourth-order valence-electron chi connectivity index (χ4n) is 3.45. The molecule has 2 atom stereocenters. The number of carbonyl (C=O) groups excluding carboxylic acids is 1. The van der Waals surface area contributed by atoms with Crippen LogP contribution in [0.3, 0.4) is 0 Å². The average molecular weight is 435 g/mol. The van der Waals surface area contributed by atoms with Crippen LogP contribution >= 0.6 is 0 Å². The maximum atomic E-state index is 12.9. The first-order valence-electron chi connectivity index (χ1n) is 9.42. The van der Waals surface area contributed by atoms with E-state index in [0.29, 0.717) is 24.9 Å². The van der Waals surface area contributed by atoms with E-state index in [-0.39, 0.29) is 11.9 Å². The molecule has 1 aromatic carbocycles.